The van der Waals surface area contributed by atoms with Gasteiger partial charge < -0.3 is 32.3 Å². The van der Waals surface area contributed by atoms with E-state index in [-0.39, 0.29) is 58.8 Å². The number of allylic oxidation sites excluding steroid dienone is 6. The average Bonchev–Trinajstić information content (AvgIpc) is 3.26. The minimum Gasteiger partial charge on any atom is -0.793 e. The van der Waals surface area contributed by atoms with Gasteiger partial charge in [0.15, 0.2) is 0 Å². The first kappa shape index (κ1) is 63.0. The molecule has 2 N–H and O–H groups in total. The molecule has 2 aliphatic carbocycles. The van der Waals surface area contributed by atoms with Gasteiger partial charge in [0.2, 0.25) is 0 Å². The molecule has 0 saturated heterocycles. The van der Waals surface area contributed by atoms with Crippen LogP contribution < -0.4 is 39.0 Å². The molecule has 2 aromatic carbocycles. The maximum atomic E-state index is 10.5. The van der Waals surface area contributed by atoms with Crippen LogP contribution in [0.1, 0.15) is 211 Å². The van der Waals surface area contributed by atoms with E-state index in [9.17, 15) is 10.2 Å². The van der Waals surface area contributed by atoms with Crippen LogP contribution in [0, 0.1) is 11.8 Å². The first-order valence-electron chi connectivity index (χ1n) is 25.1. The largest absolute Gasteiger partial charge is 1.00 e. The molecule has 0 amide bonds. The number of hydrogen-bond acceptors (Lipinski definition) is 6. The Morgan fingerprint density at radius 3 is 1.32 bits per heavy atom. The van der Waals surface area contributed by atoms with Gasteiger partial charge in [0.1, 0.15) is 23.0 Å². The summed E-state index contributed by atoms with van der Waals surface area (Å²) in [6.45, 7) is 23.6. The zero-order valence-corrected chi connectivity index (χ0v) is 47.3. The SMILES string of the molecule is C=C(C)[C@@H]1CCC(C)=C[C@H]1c1c(O)cc(CCCCC)cc1O.C=C(C)[C@@H]1CCC(C)=C[C@H]1c1c(OC)cc(CCCCC)cc1OC.CCCCCCCCCCCC[S-].CN=P.[Na+]. The van der Waals surface area contributed by atoms with Gasteiger partial charge >= 0.3 is 29.6 Å². The van der Waals surface area contributed by atoms with E-state index >= 15 is 0 Å². The molecule has 0 fully saturated rings. The molecule has 0 aromatic heterocycles. The summed E-state index contributed by atoms with van der Waals surface area (Å²) in [5, 5.41) is 21.1. The fourth-order valence-electron chi connectivity index (χ4n) is 9.19. The Kier molecular flexibility index (Phi) is 36.8. The van der Waals surface area contributed by atoms with E-state index < -0.39 is 0 Å². The summed E-state index contributed by atoms with van der Waals surface area (Å²) in [5.41, 5.74) is 9.27. The molecule has 4 rings (SSSR count). The number of ether oxygens (including phenoxy) is 2. The average molecular weight is 942 g/mol. The summed E-state index contributed by atoms with van der Waals surface area (Å²) < 4.78 is 14.9. The van der Waals surface area contributed by atoms with Crippen molar-refractivity contribution in [3.8, 4) is 23.0 Å². The Morgan fingerprint density at radius 2 is 0.969 bits per heavy atom. The second-order valence-corrected chi connectivity index (χ2v) is 19.4. The summed E-state index contributed by atoms with van der Waals surface area (Å²) in [4.78, 5) is 0. The van der Waals surface area contributed by atoms with Gasteiger partial charge in [0.05, 0.1) is 14.2 Å². The molecular weight excluding hydrogens is 849 g/mol. The van der Waals surface area contributed by atoms with Crippen LogP contribution in [-0.4, -0.2) is 37.2 Å². The molecule has 2 aromatic rings. The Balaban J connectivity index is 0.000000950. The van der Waals surface area contributed by atoms with Crippen molar-refractivity contribution in [2.75, 3.05) is 27.0 Å². The van der Waals surface area contributed by atoms with Crippen molar-refractivity contribution in [1.82, 2.24) is 0 Å². The molecule has 0 unspecified atom stereocenters. The van der Waals surface area contributed by atoms with Gasteiger partial charge in [-0.25, -0.2) is 0 Å². The fraction of sp³-hybridized carbons (Fsp3) is 0.649. The Hall–Kier alpha value is -1.95. The third-order valence-corrected chi connectivity index (χ3v) is 13.2. The standard InChI is InChI=1S/C23H34O2.C21H30O2.C12H26S.CH4NP.Na/c1-7-8-9-10-18-14-21(24-5)23(22(15-18)25-6)20-13-17(4)11-12-19(20)16(2)3;1-5-6-7-8-16-12-19(22)21(20(23)13-16)18-11-15(4)9-10-17(18)14(2)3;1-2-3-4-5-6-7-8-9-10-11-12-13;1-2-3;/h13-15,19-20H,2,7-12H2,1,3-6H3;11-13,17-18,22-23H,2,5-10H2,1,3-4H3;13H,2-12H2,1H3;3H,1H3;/q;;;;+1/p-1/t19-,20+;17-,18+;;;/m00.../s1. The Morgan fingerprint density at radius 1 is 0.631 bits per heavy atom. The predicted molar refractivity (Wildman–Crippen MR) is 285 cm³/mol. The predicted octanol–water partition coefficient (Wildman–Crippen LogP) is 14.7. The van der Waals surface area contributed by atoms with Crippen LogP contribution in [0.3, 0.4) is 0 Å². The van der Waals surface area contributed by atoms with Crippen LogP contribution in [0.5, 0.6) is 23.0 Å². The van der Waals surface area contributed by atoms with Crippen molar-refractivity contribution in [2.45, 2.75) is 202 Å². The van der Waals surface area contributed by atoms with E-state index in [0.29, 0.717) is 11.5 Å². The molecule has 0 saturated carbocycles. The smallest absolute Gasteiger partial charge is 0.793 e. The van der Waals surface area contributed by atoms with Crippen LogP contribution in [0.2, 0.25) is 0 Å². The van der Waals surface area contributed by atoms with Crippen molar-refractivity contribution in [1.29, 1.82) is 0 Å². The minimum atomic E-state index is 0. The molecule has 0 spiro atoms. The van der Waals surface area contributed by atoms with Crippen LogP contribution >= 0.6 is 9.03 Å². The summed E-state index contributed by atoms with van der Waals surface area (Å²) in [6.07, 6.45) is 32.1. The van der Waals surface area contributed by atoms with Gasteiger partial charge in [-0.1, -0.05) is 158 Å². The van der Waals surface area contributed by atoms with Gasteiger partial charge in [-0.3, -0.25) is 4.74 Å². The van der Waals surface area contributed by atoms with E-state index in [1.165, 1.54) is 124 Å². The molecule has 0 radical (unpaired) electrons. The first-order valence-corrected chi connectivity index (χ1v) is 26.1. The van der Waals surface area contributed by atoms with Gasteiger partial charge in [0.25, 0.3) is 0 Å². The summed E-state index contributed by atoms with van der Waals surface area (Å²) >= 11 is 4.90. The number of phenolic OH excluding ortho intramolecular Hbond substituents is 2. The van der Waals surface area contributed by atoms with Gasteiger partial charge in [-0.05, 0) is 135 Å². The van der Waals surface area contributed by atoms with E-state index in [0.717, 1.165) is 73.3 Å². The number of hydrogen-bond donors (Lipinski definition) is 2. The van der Waals surface area contributed by atoms with Crippen molar-refractivity contribution in [3.05, 3.63) is 94.1 Å². The number of rotatable bonds is 24. The van der Waals surface area contributed by atoms with E-state index in [2.05, 4.69) is 92.8 Å². The molecule has 0 heterocycles. The molecule has 0 bridgehead atoms. The third kappa shape index (κ3) is 24.3. The first-order chi connectivity index (χ1) is 30.8. The topological polar surface area (TPSA) is 71.3 Å². The molecule has 8 heteroatoms. The van der Waals surface area contributed by atoms with Crippen LogP contribution in [0.4, 0.5) is 0 Å². The Labute approximate surface area is 430 Å². The second kappa shape index (κ2) is 38.0. The molecule has 0 aliphatic heterocycles. The van der Waals surface area contributed by atoms with Crippen LogP contribution in [0.25, 0.3) is 0 Å². The van der Waals surface area contributed by atoms with Gasteiger partial charge in [-0.15, -0.1) is 0 Å². The molecular formula is C57H93NNaO4PS. The number of aryl methyl sites for hydroxylation is 2. The number of aromatic hydroxyl groups is 2. The van der Waals surface area contributed by atoms with E-state index in [1.54, 1.807) is 21.3 Å². The van der Waals surface area contributed by atoms with Crippen molar-refractivity contribution in [3.63, 3.8) is 0 Å². The fourth-order valence-corrected chi connectivity index (χ4v) is 9.40. The minimum absolute atomic E-state index is 0. The number of phenols is 2. The number of unbranched alkanes of at least 4 members (excludes halogenated alkanes) is 13. The van der Waals surface area contributed by atoms with Crippen molar-refractivity contribution < 1.29 is 49.2 Å². The van der Waals surface area contributed by atoms with Crippen LogP contribution in [-0.2, 0) is 25.5 Å². The number of methoxy groups -OCH3 is 2. The Bertz CT molecular complexity index is 1650. The van der Waals surface area contributed by atoms with Gasteiger partial charge in [-0.2, -0.15) is 5.75 Å². The molecule has 5 nitrogen and oxygen atoms in total. The molecule has 362 valence electrons. The second-order valence-electron chi connectivity index (χ2n) is 18.5. The molecule has 2 aliphatic rings. The summed E-state index contributed by atoms with van der Waals surface area (Å²) in [7, 11) is 8.01. The van der Waals surface area contributed by atoms with E-state index in [1.807, 2.05) is 19.1 Å². The van der Waals surface area contributed by atoms with Crippen molar-refractivity contribution in [2.24, 2.45) is 16.6 Å². The van der Waals surface area contributed by atoms with E-state index in [4.69, 9.17) is 22.1 Å². The molecule has 4 atom stereocenters. The van der Waals surface area contributed by atoms with Gasteiger partial charge in [0, 0.05) is 30.0 Å². The number of nitrogens with zero attached hydrogens (tertiary/aromatic N) is 1. The van der Waals surface area contributed by atoms with Crippen molar-refractivity contribution >= 4 is 21.7 Å². The zero-order chi connectivity index (χ0) is 47.9. The third-order valence-electron chi connectivity index (χ3n) is 12.9. The quantitative estimate of drug-likeness (QED) is 0.0361. The maximum Gasteiger partial charge on any atom is 1.00 e. The van der Waals surface area contributed by atoms with Crippen LogP contribution in [0.15, 0.2) is 76.6 Å². The maximum absolute atomic E-state index is 10.5. The molecule has 65 heavy (non-hydrogen) atoms. The monoisotopic (exact) mass is 942 g/mol. The number of benzene rings is 2. The summed E-state index contributed by atoms with van der Waals surface area (Å²) in [6, 6.07) is 8.08. The normalized spacial score (nSPS) is 17.5. The zero-order valence-electron chi connectivity index (χ0n) is 43.5. The summed E-state index contributed by atoms with van der Waals surface area (Å²) in [5.74, 6) is 4.32.